The van der Waals surface area contributed by atoms with Crippen molar-refractivity contribution in [2.45, 2.75) is 24.5 Å². The zero-order valence-electron chi connectivity index (χ0n) is 17.1. The van der Waals surface area contributed by atoms with Crippen molar-refractivity contribution in [2.24, 2.45) is 0 Å². The van der Waals surface area contributed by atoms with Crippen LogP contribution in [-0.2, 0) is 16.0 Å². The highest BCUT2D eigenvalue weighted by Crippen LogP contribution is 2.33. The molecule has 3 aromatic heterocycles. The lowest BCUT2D eigenvalue weighted by Crippen LogP contribution is -2.17. The second-order valence-electron chi connectivity index (χ2n) is 7.02. The van der Waals surface area contributed by atoms with Gasteiger partial charge in [0, 0.05) is 18.1 Å². The smallest absolute Gasteiger partial charge is 0.406 e. The molecule has 0 aliphatic carbocycles. The number of fused-ring (bicyclic) bond motifs is 1. The molecule has 1 aromatic carbocycles. The molecule has 0 saturated heterocycles. The van der Waals surface area contributed by atoms with Crippen LogP contribution in [0.15, 0.2) is 60.1 Å². The molecule has 0 fully saturated rings. The summed E-state index contributed by atoms with van der Waals surface area (Å²) in [6.45, 7) is 1.34. The average molecular weight is 504 g/mol. The minimum absolute atomic E-state index is 0.0294. The van der Waals surface area contributed by atoms with Gasteiger partial charge < -0.3 is 9.30 Å². The summed E-state index contributed by atoms with van der Waals surface area (Å²) in [4.78, 5) is 8.29. The minimum atomic E-state index is -4.85. The Bertz CT molecular complexity index is 1450. The molecule has 0 saturated carbocycles. The Kier molecular flexibility index (Phi) is 5.58. The fourth-order valence-electron chi connectivity index (χ4n) is 3.20. The molecule has 3 heterocycles. The summed E-state index contributed by atoms with van der Waals surface area (Å²) in [7, 11) is -4.04. The molecule has 34 heavy (non-hydrogen) atoms. The summed E-state index contributed by atoms with van der Waals surface area (Å²) in [5.41, 5.74) is -0.824. The van der Waals surface area contributed by atoms with Crippen molar-refractivity contribution in [2.75, 3.05) is 5.75 Å². The van der Waals surface area contributed by atoms with Gasteiger partial charge in [-0.05, 0) is 36.4 Å². The van der Waals surface area contributed by atoms with Gasteiger partial charge in [0.05, 0.1) is 17.6 Å². The van der Waals surface area contributed by atoms with Crippen molar-refractivity contribution in [3.63, 3.8) is 0 Å². The number of imidazole rings is 2. The van der Waals surface area contributed by atoms with Crippen molar-refractivity contribution < 1.29 is 39.5 Å². The third kappa shape index (κ3) is 4.58. The van der Waals surface area contributed by atoms with Gasteiger partial charge in [-0.1, -0.05) is 6.92 Å². The van der Waals surface area contributed by atoms with E-state index in [9.17, 15) is 34.8 Å². The quantitative estimate of drug-likeness (QED) is 0.362. The largest absolute Gasteiger partial charge is 0.573 e. The predicted molar refractivity (Wildman–Crippen MR) is 107 cm³/mol. The highest BCUT2D eigenvalue weighted by atomic mass is 32.2. The van der Waals surface area contributed by atoms with Gasteiger partial charge in [0.1, 0.15) is 22.8 Å². The van der Waals surface area contributed by atoms with E-state index in [1.165, 1.54) is 36.1 Å². The van der Waals surface area contributed by atoms with E-state index < -0.39 is 44.5 Å². The number of pyridine rings is 1. The third-order valence-corrected chi connectivity index (χ3v) is 6.51. The van der Waals surface area contributed by atoms with E-state index in [4.69, 9.17) is 0 Å². The van der Waals surface area contributed by atoms with Crippen LogP contribution < -0.4 is 4.74 Å². The Labute approximate surface area is 188 Å². The average Bonchev–Trinajstić information content (AvgIpc) is 3.37. The fourth-order valence-corrected chi connectivity index (χ4v) is 4.36. The van der Waals surface area contributed by atoms with Crippen LogP contribution in [0.5, 0.6) is 5.75 Å². The Morgan fingerprint density at radius 1 is 0.971 bits per heavy atom. The van der Waals surface area contributed by atoms with Gasteiger partial charge in [-0.2, -0.15) is 13.2 Å². The van der Waals surface area contributed by atoms with E-state index in [0.29, 0.717) is 11.9 Å². The number of hydrogen-bond acceptors (Lipinski definition) is 5. The number of benzene rings is 1. The van der Waals surface area contributed by atoms with E-state index in [2.05, 4.69) is 14.7 Å². The molecule has 14 heteroatoms. The topological polar surface area (TPSA) is 78.5 Å². The molecule has 0 N–H and O–H groups in total. The van der Waals surface area contributed by atoms with E-state index in [1.807, 2.05) is 0 Å². The van der Waals surface area contributed by atoms with Crippen molar-refractivity contribution in [3.05, 3.63) is 60.7 Å². The van der Waals surface area contributed by atoms with Crippen molar-refractivity contribution >= 4 is 15.5 Å². The number of aromatic nitrogens is 4. The molecule has 4 aromatic rings. The highest BCUT2D eigenvalue weighted by Gasteiger charge is 2.33. The molecule has 0 unspecified atom stereocenters. The first-order valence-corrected chi connectivity index (χ1v) is 11.2. The maximum absolute atomic E-state index is 13.2. The summed E-state index contributed by atoms with van der Waals surface area (Å²) < 4.78 is 108. The number of sulfone groups is 1. The van der Waals surface area contributed by atoms with Gasteiger partial charge in [0.2, 0.25) is 0 Å². The second-order valence-corrected chi connectivity index (χ2v) is 9.21. The lowest BCUT2D eigenvalue weighted by molar-refractivity contribution is -0.274. The molecule has 4 rings (SSSR count). The Morgan fingerprint density at radius 2 is 1.65 bits per heavy atom. The molecular formula is C20H14F6N4O3S. The summed E-state index contributed by atoms with van der Waals surface area (Å²) >= 11 is 0. The fraction of sp³-hybridized carbons (Fsp3) is 0.200. The summed E-state index contributed by atoms with van der Waals surface area (Å²) in [5.74, 6) is -0.834. The highest BCUT2D eigenvalue weighted by molar-refractivity contribution is 7.91. The van der Waals surface area contributed by atoms with Crippen molar-refractivity contribution in [1.29, 1.82) is 0 Å². The maximum Gasteiger partial charge on any atom is 0.573 e. The van der Waals surface area contributed by atoms with Crippen molar-refractivity contribution in [1.82, 2.24) is 18.9 Å². The molecule has 0 aliphatic heterocycles. The van der Waals surface area contributed by atoms with Crippen molar-refractivity contribution in [3.8, 4) is 22.8 Å². The molecule has 0 atom stereocenters. The van der Waals surface area contributed by atoms with Gasteiger partial charge >= 0.3 is 12.5 Å². The first-order chi connectivity index (χ1) is 15.8. The van der Waals surface area contributed by atoms with Crippen LogP contribution in [0.3, 0.4) is 0 Å². The summed E-state index contributed by atoms with van der Waals surface area (Å²) in [6, 6.07) is 6.64. The number of alkyl halides is 6. The first-order valence-electron chi connectivity index (χ1n) is 9.51. The zero-order valence-corrected chi connectivity index (χ0v) is 17.9. The minimum Gasteiger partial charge on any atom is -0.406 e. The van der Waals surface area contributed by atoms with Crippen LogP contribution in [0.25, 0.3) is 22.7 Å². The van der Waals surface area contributed by atoms with Gasteiger partial charge in [-0.25, -0.2) is 18.4 Å². The molecule has 180 valence electrons. The second kappa shape index (κ2) is 8.04. The monoisotopic (exact) mass is 504 g/mol. The number of halogens is 6. The number of rotatable bonds is 5. The third-order valence-electron chi connectivity index (χ3n) is 4.77. The lowest BCUT2D eigenvalue weighted by atomic mass is 10.3. The molecule has 0 amide bonds. The van der Waals surface area contributed by atoms with Crippen LogP contribution in [0.2, 0.25) is 0 Å². The molecule has 0 spiro atoms. The Hall–Kier alpha value is -3.55. The first kappa shape index (κ1) is 23.6. The molecule has 7 nitrogen and oxygen atoms in total. The number of hydrogen-bond donors (Lipinski definition) is 0. The summed E-state index contributed by atoms with van der Waals surface area (Å²) in [6.07, 6.45) is -6.26. The number of nitrogens with zero attached hydrogens (tertiary/aromatic N) is 4. The molecule has 0 aliphatic rings. The van der Waals surface area contributed by atoms with Crippen LogP contribution in [-0.4, -0.2) is 39.5 Å². The normalized spacial score (nSPS) is 12.9. The Morgan fingerprint density at radius 3 is 2.24 bits per heavy atom. The van der Waals surface area contributed by atoms with Gasteiger partial charge in [0.25, 0.3) is 0 Å². The summed E-state index contributed by atoms with van der Waals surface area (Å²) in [5, 5.41) is -0.449. The predicted octanol–water partition coefficient (Wildman–Crippen LogP) is 4.90. The van der Waals surface area contributed by atoms with E-state index in [1.54, 1.807) is 0 Å². The lowest BCUT2D eigenvalue weighted by Gasteiger charge is -2.09. The van der Waals surface area contributed by atoms with Crippen LogP contribution in [0, 0.1) is 0 Å². The Balaban J connectivity index is 1.80. The SMILES string of the molecule is CCS(=O)(=O)c1c(-c2cn(-c3ccc(OC(F)(F)F)cc3)cn2)nc2ccc(C(F)(F)F)cn12. The maximum atomic E-state index is 13.2. The standard InChI is InChI=1S/C20H14F6N4O3S/c1-2-34(31,32)18-17(28-16-8-3-12(9-30(16)18)19(21,22)23)15-10-29(11-27-15)13-4-6-14(7-5-13)33-20(24,25)26/h3-11H,2H2,1H3. The van der Waals surface area contributed by atoms with Gasteiger partial charge in [-0.15, -0.1) is 13.2 Å². The van der Waals surface area contributed by atoms with Crippen LogP contribution in [0.4, 0.5) is 26.3 Å². The molecule has 0 radical (unpaired) electrons. The van der Waals surface area contributed by atoms with Gasteiger partial charge in [0.15, 0.2) is 14.9 Å². The van der Waals surface area contributed by atoms with Crippen LogP contribution >= 0.6 is 0 Å². The molecular weight excluding hydrogens is 490 g/mol. The van der Waals surface area contributed by atoms with E-state index in [-0.39, 0.29) is 17.0 Å². The van der Waals surface area contributed by atoms with Gasteiger partial charge in [-0.3, -0.25) is 4.40 Å². The van der Waals surface area contributed by atoms with Crippen LogP contribution in [0.1, 0.15) is 12.5 Å². The van der Waals surface area contributed by atoms with E-state index >= 15 is 0 Å². The number of ether oxygens (including phenoxy) is 1. The van der Waals surface area contributed by atoms with E-state index in [0.717, 1.165) is 28.7 Å². The molecule has 0 bridgehead atoms. The zero-order chi connectivity index (χ0) is 24.9.